The van der Waals surface area contributed by atoms with E-state index in [0.717, 1.165) is 17.1 Å². The summed E-state index contributed by atoms with van der Waals surface area (Å²) in [5.74, 6) is -1.43. The van der Waals surface area contributed by atoms with Crippen LogP contribution >= 0.6 is 0 Å². The molecule has 31 heavy (non-hydrogen) atoms. The minimum absolute atomic E-state index is 0.180. The number of fused-ring (bicyclic) bond motifs is 1. The Morgan fingerprint density at radius 1 is 1.00 bits per heavy atom. The molecule has 160 valence electrons. The smallest absolute Gasteiger partial charge is 0.176 e. The monoisotopic (exact) mass is 444 g/mol. The average molecular weight is 444 g/mol. The first kappa shape index (κ1) is 20.8. The standard InChI is InChI=1S/C22H18F2N2O4S/c1-13-9-17(16-7-8-25-22(16)26(13)27)18-10-14(12-31(2,28)29)3-5-20(18)30-21-6-4-15(23)11-19(21)24/h3-11,27H,12H2,1-2H3. The first-order chi connectivity index (χ1) is 14.6. The van der Waals surface area contributed by atoms with Crippen molar-refractivity contribution in [2.45, 2.75) is 12.7 Å². The summed E-state index contributed by atoms with van der Waals surface area (Å²) in [5, 5.41) is 10.3. The normalized spacial score (nSPS) is 11.7. The molecule has 0 amide bonds. The fraction of sp³-hybridized carbons (Fsp3) is 0.136. The zero-order chi connectivity index (χ0) is 22.3. The van der Waals surface area contributed by atoms with Gasteiger partial charge in [0.05, 0.1) is 11.4 Å². The largest absolute Gasteiger partial charge is 0.454 e. The number of nitrogens with zero attached hydrogens (tertiary/aromatic N) is 2. The van der Waals surface area contributed by atoms with Crippen LogP contribution in [-0.4, -0.2) is 29.6 Å². The molecule has 0 saturated carbocycles. The van der Waals surface area contributed by atoms with Crippen molar-refractivity contribution in [2.24, 2.45) is 0 Å². The molecule has 2 aromatic carbocycles. The van der Waals surface area contributed by atoms with Gasteiger partial charge < -0.3 is 9.94 Å². The van der Waals surface area contributed by atoms with Crippen molar-refractivity contribution in [3.8, 4) is 34.0 Å². The van der Waals surface area contributed by atoms with Gasteiger partial charge in [0.15, 0.2) is 27.2 Å². The molecule has 0 fully saturated rings. The van der Waals surface area contributed by atoms with Gasteiger partial charge in [-0.15, -0.1) is 0 Å². The van der Waals surface area contributed by atoms with Gasteiger partial charge in [-0.2, -0.15) is 4.73 Å². The molecule has 0 unspecified atom stereocenters. The summed E-state index contributed by atoms with van der Waals surface area (Å²) < 4.78 is 57.8. The fourth-order valence-electron chi connectivity index (χ4n) is 3.39. The second-order valence-electron chi connectivity index (χ2n) is 7.27. The van der Waals surface area contributed by atoms with Crippen LogP contribution in [0.1, 0.15) is 11.3 Å². The minimum atomic E-state index is -3.30. The van der Waals surface area contributed by atoms with Crippen molar-refractivity contribution in [2.75, 3.05) is 6.26 Å². The van der Waals surface area contributed by atoms with Gasteiger partial charge in [-0.05, 0) is 54.4 Å². The summed E-state index contributed by atoms with van der Waals surface area (Å²) in [4.78, 5) is 4.16. The van der Waals surface area contributed by atoms with E-state index in [1.807, 2.05) is 0 Å². The minimum Gasteiger partial charge on any atom is -0.454 e. The maximum atomic E-state index is 14.2. The van der Waals surface area contributed by atoms with E-state index in [4.69, 9.17) is 4.74 Å². The average Bonchev–Trinajstić information content (AvgIpc) is 3.17. The number of sulfone groups is 1. The van der Waals surface area contributed by atoms with Gasteiger partial charge in [0.2, 0.25) is 0 Å². The molecule has 4 rings (SSSR count). The summed E-state index contributed by atoms with van der Waals surface area (Å²) in [6.45, 7) is 1.68. The van der Waals surface area contributed by atoms with Crippen molar-refractivity contribution < 1.29 is 27.1 Å². The second-order valence-corrected chi connectivity index (χ2v) is 9.41. The lowest BCUT2D eigenvalue weighted by atomic mass is 9.97. The number of hydrogen-bond acceptors (Lipinski definition) is 5. The highest BCUT2D eigenvalue weighted by atomic mass is 32.2. The van der Waals surface area contributed by atoms with Crippen molar-refractivity contribution in [1.82, 2.24) is 9.71 Å². The Morgan fingerprint density at radius 3 is 2.45 bits per heavy atom. The Kier molecular flexibility index (Phi) is 5.14. The van der Waals surface area contributed by atoms with Crippen LogP contribution in [0.4, 0.5) is 8.78 Å². The highest BCUT2D eigenvalue weighted by Gasteiger charge is 2.21. The Bertz CT molecular complexity index is 1370. The molecule has 0 spiro atoms. The molecule has 0 atom stereocenters. The molecule has 9 heteroatoms. The van der Waals surface area contributed by atoms with Crippen molar-refractivity contribution in [3.05, 3.63) is 77.6 Å². The third-order valence-electron chi connectivity index (χ3n) is 4.73. The number of rotatable bonds is 5. The quantitative estimate of drug-likeness (QED) is 0.447. The van der Waals surface area contributed by atoms with Gasteiger partial charge in [-0.1, -0.05) is 6.07 Å². The van der Waals surface area contributed by atoms with E-state index < -0.39 is 21.5 Å². The third-order valence-corrected chi connectivity index (χ3v) is 5.59. The molecule has 0 radical (unpaired) electrons. The number of pyridine rings is 1. The summed E-state index contributed by atoms with van der Waals surface area (Å²) >= 11 is 0. The number of aryl methyl sites for hydroxylation is 1. The number of benzene rings is 2. The van der Waals surface area contributed by atoms with Crippen LogP contribution in [0.25, 0.3) is 22.5 Å². The topological polar surface area (TPSA) is 81.4 Å². The maximum Gasteiger partial charge on any atom is 0.176 e. The number of halogens is 2. The summed E-state index contributed by atoms with van der Waals surface area (Å²) in [7, 11) is -3.30. The first-order valence-electron chi connectivity index (χ1n) is 9.22. The molecule has 6 nitrogen and oxygen atoms in total. The molecule has 2 aromatic rings. The van der Waals surface area contributed by atoms with Crippen molar-refractivity contribution in [1.29, 1.82) is 0 Å². The maximum absolute atomic E-state index is 14.2. The molecule has 2 heterocycles. The van der Waals surface area contributed by atoms with E-state index in [2.05, 4.69) is 4.98 Å². The Balaban J connectivity index is 1.91. The molecule has 0 saturated heterocycles. The van der Waals surface area contributed by atoms with Crippen molar-refractivity contribution in [3.63, 3.8) is 0 Å². The van der Waals surface area contributed by atoms with E-state index >= 15 is 0 Å². The molecular formula is C22H18F2N2O4S. The van der Waals surface area contributed by atoms with Crippen LogP contribution in [0, 0.1) is 18.6 Å². The summed E-state index contributed by atoms with van der Waals surface area (Å²) in [6, 6.07) is 11.1. The zero-order valence-corrected chi connectivity index (χ0v) is 17.5. The van der Waals surface area contributed by atoms with Gasteiger partial charge in [-0.25, -0.2) is 22.2 Å². The van der Waals surface area contributed by atoms with Gasteiger partial charge >= 0.3 is 0 Å². The fourth-order valence-corrected chi connectivity index (χ4v) is 4.17. The van der Waals surface area contributed by atoms with Crippen molar-refractivity contribution >= 4 is 9.84 Å². The lowest BCUT2D eigenvalue weighted by Crippen LogP contribution is -2.06. The van der Waals surface area contributed by atoms with E-state index in [-0.39, 0.29) is 17.3 Å². The highest BCUT2D eigenvalue weighted by Crippen LogP contribution is 2.41. The molecule has 0 aromatic heterocycles. The lowest BCUT2D eigenvalue weighted by Gasteiger charge is -2.18. The van der Waals surface area contributed by atoms with E-state index in [9.17, 15) is 22.4 Å². The van der Waals surface area contributed by atoms with Gasteiger partial charge in [0, 0.05) is 29.6 Å². The molecule has 2 aliphatic rings. The van der Waals surface area contributed by atoms with Gasteiger partial charge in [-0.3, -0.25) is 0 Å². The lowest BCUT2D eigenvalue weighted by molar-refractivity contribution is 0.180. The van der Waals surface area contributed by atoms with E-state index in [1.165, 1.54) is 18.3 Å². The summed E-state index contributed by atoms with van der Waals surface area (Å²) in [5.41, 5.74) is 2.67. The molecule has 2 aliphatic heterocycles. The second kappa shape index (κ2) is 7.66. The SMILES string of the molecule is Cc1cc(-c2cc(CS(C)(=O)=O)ccc2Oc2ccc(F)cc2F)c2ccnc-2n1O. The predicted molar refractivity (Wildman–Crippen MR) is 111 cm³/mol. The van der Waals surface area contributed by atoms with Crippen LogP contribution in [0.15, 0.2) is 54.7 Å². The number of aromatic nitrogens is 2. The van der Waals surface area contributed by atoms with Crippen LogP contribution in [0.3, 0.4) is 0 Å². The highest BCUT2D eigenvalue weighted by molar-refractivity contribution is 7.89. The van der Waals surface area contributed by atoms with Gasteiger partial charge in [0.1, 0.15) is 11.6 Å². The molecule has 0 bridgehead atoms. The van der Waals surface area contributed by atoms with E-state index in [0.29, 0.717) is 39.8 Å². The third kappa shape index (κ3) is 4.22. The Hall–Kier alpha value is -3.46. The van der Waals surface area contributed by atoms with Crippen LogP contribution in [-0.2, 0) is 15.6 Å². The zero-order valence-electron chi connectivity index (χ0n) is 16.6. The molecular weight excluding hydrogens is 426 g/mol. The molecule has 1 N–H and O–H groups in total. The number of hydrogen-bond donors (Lipinski definition) is 1. The van der Waals surface area contributed by atoms with E-state index in [1.54, 1.807) is 31.2 Å². The molecule has 0 aliphatic carbocycles. The Labute approximate surface area is 177 Å². The number of ether oxygens (including phenoxy) is 1. The summed E-state index contributed by atoms with van der Waals surface area (Å²) in [6.07, 6.45) is 2.66. The Morgan fingerprint density at radius 2 is 1.74 bits per heavy atom. The van der Waals surface area contributed by atoms with Crippen LogP contribution in [0.5, 0.6) is 11.5 Å². The van der Waals surface area contributed by atoms with Crippen LogP contribution in [0.2, 0.25) is 0 Å². The predicted octanol–water partition coefficient (Wildman–Crippen LogP) is 4.82. The van der Waals surface area contributed by atoms with Gasteiger partial charge in [0.25, 0.3) is 0 Å². The van der Waals surface area contributed by atoms with Crippen LogP contribution < -0.4 is 4.74 Å². The first-order valence-corrected chi connectivity index (χ1v) is 11.3.